The zero-order valence-corrected chi connectivity index (χ0v) is 13.2. The Morgan fingerprint density at radius 3 is 1.92 bits per heavy atom. The normalized spacial score (nSPS) is 50.0. The van der Waals surface area contributed by atoms with E-state index in [0.717, 1.165) is 0 Å². The lowest BCUT2D eigenvalue weighted by Crippen LogP contribution is -2.67. The van der Waals surface area contributed by atoms with Crippen LogP contribution in [0.25, 0.3) is 0 Å². The summed E-state index contributed by atoms with van der Waals surface area (Å²) >= 11 is 0. The van der Waals surface area contributed by atoms with Gasteiger partial charge in [0.2, 0.25) is 0 Å². The molecule has 142 valence electrons. The van der Waals surface area contributed by atoms with Crippen LogP contribution in [0.1, 0.15) is 0 Å². The standard InChI is InChI=1S/C13H26N2O9/c1-21-12-7(15)10(20)11(5(3-17)23-12)24-13-6(14)9(19)8(18)4(2-16)22-13/h4-13,16-20H,2-3,14-15H2,1H3/t4?,5?,6?,7-,8?,9-,10?,11+,12+,13+/m1/s1. The highest BCUT2D eigenvalue weighted by Crippen LogP contribution is 2.28. The Bertz CT molecular complexity index is 400. The second-order valence-corrected chi connectivity index (χ2v) is 5.91. The van der Waals surface area contributed by atoms with Crippen LogP contribution in [-0.4, -0.2) is 107 Å². The summed E-state index contributed by atoms with van der Waals surface area (Å²) in [6.07, 6.45) is -9.46. The Kier molecular flexibility index (Phi) is 6.87. The number of aliphatic hydroxyl groups excluding tert-OH is 5. The van der Waals surface area contributed by atoms with Gasteiger partial charge in [-0.15, -0.1) is 0 Å². The lowest BCUT2D eigenvalue weighted by atomic mass is 9.95. The van der Waals surface area contributed by atoms with Gasteiger partial charge in [0.15, 0.2) is 12.6 Å². The average Bonchev–Trinajstić information content (AvgIpc) is 2.59. The second-order valence-electron chi connectivity index (χ2n) is 5.91. The van der Waals surface area contributed by atoms with E-state index in [2.05, 4.69) is 0 Å². The van der Waals surface area contributed by atoms with Crippen molar-refractivity contribution in [3.63, 3.8) is 0 Å². The van der Waals surface area contributed by atoms with E-state index in [-0.39, 0.29) is 0 Å². The highest BCUT2D eigenvalue weighted by Gasteiger charge is 2.49. The summed E-state index contributed by atoms with van der Waals surface area (Å²) < 4.78 is 21.3. The minimum Gasteiger partial charge on any atom is -0.394 e. The topological polar surface area (TPSA) is 190 Å². The van der Waals surface area contributed by atoms with E-state index >= 15 is 0 Å². The van der Waals surface area contributed by atoms with Gasteiger partial charge in [-0.1, -0.05) is 0 Å². The largest absolute Gasteiger partial charge is 0.394 e. The van der Waals surface area contributed by atoms with Crippen molar-refractivity contribution in [1.29, 1.82) is 0 Å². The average molecular weight is 354 g/mol. The van der Waals surface area contributed by atoms with Gasteiger partial charge >= 0.3 is 0 Å². The van der Waals surface area contributed by atoms with Crippen LogP contribution < -0.4 is 11.5 Å². The molecule has 5 unspecified atom stereocenters. The predicted octanol–water partition coefficient (Wildman–Crippen LogP) is -4.81. The van der Waals surface area contributed by atoms with Crippen molar-refractivity contribution >= 4 is 0 Å². The lowest BCUT2D eigenvalue weighted by Gasteiger charge is -2.46. The molecule has 0 spiro atoms. The quantitative estimate of drug-likeness (QED) is 0.251. The van der Waals surface area contributed by atoms with Crippen LogP contribution in [0.15, 0.2) is 0 Å². The van der Waals surface area contributed by atoms with Gasteiger partial charge in [0, 0.05) is 7.11 Å². The molecule has 11 nitrogen and oxygen atoms in total. The minimum atomic E-state index is -1.41. The maximum Gasteiger partial charge on any atom is 0.176 e. The number of rotatable bonds is 5. The first-order valence-corrected chi connectivity index (χ1v) is 7.62. The molecular weight excluding hydrogens is 328 g/mol. The minimum absolute atomic E-state index is 0.495. The molecule has 2 aliphatic rings. The third-order valence-electron chi connectivity index (χ3n) is 4.35. The fourth-order valence-corrected chi connectivity index (χ4v) is 2.85. The van der Waals surface area contributed by atoms with E-state index in [1.165, 1.54) is 7.11 Å². The Hall–Kier alpha value is -0.440. The van der Waals surface area contributed by atoms with Crippen molar-refractivity contribution in [3.8, 4) is 0 Å². The number of ether oxygens (including phenoxy) is 4. The van der Waals surface area contributed by atoms with Crippen molar-refractivity contribution in [2.45, 2.75) is 61.3 Å². The Morgan fingerprint density at radius 2 is 1.38 bits per heavy atom. The molecule has 0 saturated carbocycles. The molecule has 0 aromatic carbocycles. The van der Waals surface area contributed by atoms with Gasteiger partial charge in [0.1, 0.15) is 36.6 Å². The number of hydrogen-bond acceptors (Lipinski definition) is 11. The molecule has 0 amide bonds. The second kappa shape index (κ2) is 8.29. The summed E-state index contributed by atoms with van der Waals surface area (Å²) in [6, 6.07) is -2.10. The van der Waals surface area contributed by atoms with Crippen LogP contribution in [-0.2, 0) is 18.9 Å². The summed E-state index contributed by atoms with van der Waals surface area (Å²) in [5.74, 6) is 0. The van der Waals surface area contributed by atoms with Crippen molar-refractivity contribution in [2.75, 3.05) is 20.3 Å². The monoisotopic (exact) mass is 354 g/mol. The number of nitrogens with two attached hydrogens (primary N) is 2. The first-order valence-electron chi connectivity index (χ1n) is 7.62. The molecular formula is C13H26N2O9. The van der Waals surface area contributed by atoms with Gasteiger partial charge < -0.3 is 55.9 Å². The number of aliphatic hydroxyl groups is 5. The Labute approximate surface area is 138 Å². The molecule has 0 bridgehead atoms. The van der Waals surface area contributed by atoms with Crippen LogP contribution in [0.3, 0.4) is 0 Å². The van der Waals surface area contributed by atoms with E-state index < -0.39 is 74.5 Å². The third kappa shape index (κ3) is 3.71. The molecule has 0 radical (unpaired) electrons. The van der Waals surface area contributed by atoms with E-state index in [9.17, 15) is 25.5 Å². The fourth-order valence-electron chi connectivity index (χ4n) is 2.85. The fraction of sp³-hybridized carbons (Fsp3) is 1.00. The number of methoxy groups -OCH3 is 1. The summed E-state index contributed by atoms with van der Waals surface area (Å²) in [5, 5.41) is 48.7. The molecule has 2 rings (SSSR count). The van der Waals surface area contributed by atoms with Crippen LogP contribution in [0, 0.1) is 0 Å². The first-order chi connectivity index (χ1) is 11.3. The maximum atomic E-state index is 10.3. The molecule has 2 heterocycles. The van der Waals surface area contributed by atoms with Gasteiger partial charge in [-0.3, -0.25) is 0 Å². The summed E-state index contributed by atoms with van der Waals surface area (Å²) in [5.41, 5.74) is 11.6. The molecule has 2 fully saturated rings. The SMILES string of the molecule is CO[C@H]1OC(CO)[C@H](O[C@@H]2OC(CO)C(O)[C@H](O)C2N)C(O)[C@H]1N. The van der Waals surface area contributed by atoms with Crippen molar-refractivity contribution in [2.24, 2.45) is 11.5 Å². The molecule has 11 heteroatoms. The van der Waals surface area contributed by atoms with Crippen molar-refractivity contribution in [1.82, 2.24) is 0 Å². The predicted molar refractivity (Wildman–Crippen MR) is 77.3 cm³/mol. The third-order valence-corrected chi connectivity index (χ3v) is 4.35. The van der Waals surface area contributed by atoms with Gasteiger partial charge in [0.25, 0.3) is 0 Å². The first kappa shape index (κ1) is 19.9. The van der Waals surface area contributed by atoms with Crippen molar-refractivity contribution < 1.29 is 44.5 Å². The molecule has 2 aliphatic heterocycles. The van der Waals surface area contributed by atoms with Crippen LogP contribution >= 0.6 is 0 Å². The zero-order valence-electron chi connectivity index (χ0n) is 13.2. The maximum absolute atomic E-state index is 10.3. The Morgan fingerprint density at radius 1 is 0.833 bits per heavy atom. The van der Waals surface area contributed by atoms with E-state index in [1.54, 1.807) is 0 Å². The molecule has 9 N–H and O–H groups in total. The van der Waals surface area contributed by atoms with Crippen molar-refractivity contribution in [3.05, 3.63) is 0 Å². The summed E-state index contributed by atoms with van der Waals surface area (Å²) in [6.45, 7) is -1.06. The lowest BCUT2D eigenvalue weighted by molar-refractivity contribution is -0.326. The van der Waals surface area contributed by atoms with Gasteiger partial charge in [-0.2, -0.15) is 0 Å². The molecule has 0 aliphatic carbocycles. The van der Waals surface area contributed by atoms with Crippen LogP contribution in [0.4, 0.5) is 0 Å². The molecule has 2 saturated heterocycles. The van der Waals surface area contributed by atoms with Gasteiger partial charge in [-0.05, 0) is 0 Å². The van der Waals surface area contributed by atoms with Crippen LogP contribution in [0.5, 0.6) is 0 Å². The van der Waals surface area contributed by atoms with E-state index in [4.69, 9.17) is 30.4 Å². The van der Waals surface area contributed by atoms with E-state index in [0.29, 0.717) is 0 Å². The Balaban J connectivity index is 2.12. The highest BCUT2D eigenvalue weighted by molar-refractivity contribution is 4.96. The summed E-state index contributed by atoms with van der Waals surface area (Å²) in [7, 11) is 1.34. The zero-order chi connectivity index (χ0) is 18.0. The number of hydrogen-bond donors (Lipinski definition) is 7. The molecule has 0 aromatic rings. The molecule has 0 aromatic heterocycles. The van der Waals surface area contributed by atoms with E-state index in [1.807, 2.05) is 0 Å². The molecule has 24 heavy (non-hydrogen) atoms. The van der Waals surface area contributed by atoms with Crippen LogP contribution in [0.2, 0.25) is 0 Å². The van der Waals surface area contributed by atoms with Gasteiger partial charge in [0.05, 0.1) is 25.3 Å². The van der Waals surface area contributed by atoms with Gasteiger partial charge in [-0.25, -0.2) is 0 Å². The molecule has 10 atom stereocenters. The smallest absolute Gasteiger partial charge is 0.176 e. The highest BCUT2D eigenvalue weighted by atomic mass is 16.7. The summed E-state index contributed by atoms with van der Waals surface area (Å²) in [4.78, 5) is 0.